The molecule has 0 saturated carbocycles. The van der Waals surface area contributed by atoms with E-state index in [4.69, 9.17) is 9.66 Å². The molecular formula is C9H21NO4S. The molecule has 0 aliphatic heterocycles. The van der Waals surface area contributed by atoms with Crippen LogP contribution in [0.25, 0.3) is 0 Å². The molecule has 0 atom stereocenters. The van der Waals surface area contributed by atoms with Gasteiger partial charge < -0.3 is 10.0 Å². The van der Waals surface area contributed by atoms with Crippen molar-refractivity contribution in [2.75, 3.05) is 32.0 Å². The lowest BCUT2D eigenvalue weighted by atomic mass is 10.3. The van der Waals surface area contributed by atoms with E-state index in [1.165, 1.54) is 0 Å². The van der Waals surface area contributed by atoms with Crippen molar-refractivity contribution in [3.8, 4) is 0 Å². The third-order valence-corrected chi connectivity index (χ3v) is 2.93. The normalized spacial score (nSPS) is 12.3. The predicted molar refractivity (Wildman–Crippen MR) is 59.5 cm³/mol. The number of unbranched alkanes of at least 4 members (excludes halogenated alkanes) is 1. The molecular weight excluding hydrogens is 218 g/mol. The van der Waals surface area contributed by atoms with Gasteiger partial charge in [-0.15, -0.1) is 0 Å². The highest BCUT2D eigenvalue weighted by Gasteiger charge is 2.07. The third kappa shape index (κ3) is 10.1. The van der Waals surface area contributed by atoms with Gasteiger partial charge >= 0.3 is 0 Å². The van der Waals surface area contributed by atoms with E-state index in [2.05, 4.69) is 6.92 Å². The van der Waals surface area contributed by atoms with Crippen molar-refractivity contribution in [3.05, 3.63) is 0 Å². The predicted octanol–water partition coefficient (Wildman–Crippen LogP) is 0.359. The molecule has 0 aliphatic rings. The minimum atomic E-state index is -3.84. The first-order valence-electron chi connectivity index (χ1n) is 5.28. The monoisotopic (exact) mass is 239 g/mol. The maximum atomic E-state index is 10.5. The lowest BCUT2D eigenvalue weighted by Gasteiger charge is -2.20. The van der Waals surface area contributed by atoms with Crippen LogP contribution in [0.1, 0.15) is 26.2 Å². The molecule has 5 nitrogen and oxygen atoms in total. The minimum Gasteiger partial charge on any atom is -0.395 e. The second-order valence-electron chi connectivity index (χ2n) is 3.56. The first kappa shape index (κ1) is 14.8. The highest BCUT2D eigenvalue weighted by molar-refractivity contribution is 7.85. The average molecular weight is 239 g/mol. The number of aliphatic hydroxyl groups excluding tert-OH is 1. The first-order valence-corrected chi connectivity index (χ1v) is 6.89. The van der Waals surface area contributed by atoms with E-state index in [-0.39, 0.29) is 12.4 Å². The van der Waals surface area contributed by atoms with Crippen molar-refractivity contribution in [2.45, 2.75) is 26.2 Å². The van der Waals surface area contributed by atoms with E-state index in [0.29, 0.717) is 19.5 Å². The Kier molecular flexibility index (Phi) is 7.95. The van der Waals surface area contributed by atoms with Crippen LogP contribution in [0.2, 0.25) is 0 Å². The van der Waals surface area contributed by atoms with Crippen LogP contribution in [-0.2, 0) is 10.1 Å². The molecule has 2 N–H and O–H groups in total. The van der Waals surface area contributed by atoms with Crippen molar-refractivity contribution in [2.24, 2.45) is 0 Å². The summed E-state index contributed by atoms with van der Waals surface area (Å²) in [4.78, 5) is 2.01. The van der Waals surface area contributed by atoms with E-state index in [9.17, 15) is 8.42 Å². The number of nitrogens with zero attached hydrogens (tertiary/aromatic N) is 1. The smallest absolute Gasteiger partial charge is 0.264 e. The van der Waals surface area contributed by atoms with Crippen molar-refractivity contribution in [1.29, 1.82) is 0 Å². The molecule has 0 unspecified atom stereocenters. The standard InChI is InChI=1S/C9H21NO4S/c1-2-3-5-10(7-8-11)6-4-9-15(12,13)14/h11H,2-9H2,1H3,(H,12,13,14). The third-order valence-electron chi connectivity index (χ3n) is 2.12. The second-order valence-corrected chi connectivity index (χ2v) is 5.13. The summed E-state index contributed by atoms with van der Waals surface area (Å²) in [6.45, 7) is 4.18. The minimum absolute atomic E-state index is 0.0790. The van der Waals surface area contributed by atoms with Gasteiger partial charge in [0.15, 0.2) is 0 Å². The zero-order chi connectivity index (χ0) is 11.7. The molecule has 0 aliphatic carbocycles. The molecule has 0 aromatic heterocycles. The highest BCUT2D eigenvalue weighted by Crippen LogP contribution is 1.98. The number of hydrogen-bond donors (Lipinski definition) is 2. The van der Waals surface area contributed by atoms with Crippen LogP contribution < -0.4 is 0 Å². The van der Waals surface area contributed by atoms with Crippen molar-refractivity contribution in [3.63, 3.8) is 0 Å². The Balaban J connectivity index is 3.74. The molecule has 0 fully saturated rings. The van der Waals surface area contributed by atoms with E-state index in [1.54, 1.807) is 0 Å². The zero-order valence-corrected chi connectivity index (χ0v) is 10.0. The molecule has 0 spiro atoms. The lowest BCUT2D eigenvalue weighted by Crippen LogP contribution is -2.30. The highest BCUT2D eigenvalue weighted by atomic mass is 32.2. The van der Waals surface area contributed by atoms with Crippen molar-refractivity contribution < 1.29 is 18.1 Å². The summed E-state index contributed by atoms with van der Waals surface area (Å²) in [7, 11) is -3.84. The molecule has 0 bridgehead atoms. The summed E-state index contributed by atoms with van der Waals surface area (Å²) in [6, 6.07) is 0. The summed E-state index contributed by atoms with van der Waals surface area (Å²) in [6.07, 6.45) is 2.51. The fraction of sp³-hybridized carbons (Fsp3) is 1.00. The molecule has 0 rings (SSSR count). The van der Waals surface area contributed by atoms with Crippen LogP contribution in [0.4, 0.5) is 0 Å². The largest absolute Gasteiger partial charge is 0.395 e. The van der Waals surface area contributed by atoms with Crippen molar-refractivity contribution in [1.82, 2.24) is 4.90 Å². The molecule has 0 amide bonds. The quantitative estimate of drug-likeness (QED) is 0.568. The first-order chi connectivity index (χ1) is 6.99. The van der Waals surface area contributed by atoms with Crippen LogP contribution in [-0.4, -0.2) is 55.0 Å². The molecule has 6 heteroatoms. The fourth-order valence-corrected chi connectivity index (χ4v) is 1.82. The molecule has 15 heavy (non-hydrogen) atoms. The van der Waals surface area contributed by atoms with Gasteiger partial charge in [-0.1, -0.05) is 13.3 Å². The van der Waals surface area contributed by atoms with Crippen molar-refractivity contribution >= 4 is 10.1 Å². The molecule has 0 saturated heterocycles. The maximum absolute atomic E-state index is 10.5. The molecule has 0 heterocycles. The fourth-order valence-electron chi connectivity index (χ4n) is 1.33. The van der Waals surface area contributed by atoms with Gasteiger partial charge in [0.2, 0.25) is 0 Å². The Labute approximate surface area is 91.8 Å². The van der Waals surface area contributed by atoms with Gasteiger partial charge in [0.05, 0.1) is 12.4 Å². The van der Waals surface area contributed by atoms with Gasteiger partial charge in [-0.05, 0) is 25.9 Å². The summed E-state index contributed by atoms with van der Waals surface area (Å²) in [5.41, 5.74) is 0. The van der Waals surface area contributed by atoms with Crippen LogP contribution in [0.15, 0.2) is 0 Å². The molecule has 0 aromatic rings. The van der Waals surface area contributed by atoms with Crippen LogP contribution in [0, 0.1) is 0 Å². The number of rotatable bonds is 9. The molecule has 0 radical (unpaired) electrons. The van der Waals surface area contributed by atoms with Gasteiger partial charge in [-0.25, -0.2) is 0 Å². The van der Waals surface area contributed by atoms with Crippen LogP contribution >= 0.6 is 0 Å². The maximum Gasteiger partial charge on any atom is 0.264 e. The number of hydrogen-bond acceptors (Lipinski definition) is 4. The van der Waals surface area contributed by atoms with Gasteiger partial charge in [0.25, 0.3) is 10.1 Å². The topological polar surface area (TPSA) is 77.8 Å². The van der Waals surface area contributed by atoms with Crippen LogP contribution in [0.3, 0.4) is 0 Å². The summed E-state index contributed by atoms with van der Waals surface area (Å²) in [5.74, 6) is -0.207. The zero-order valence-electron chi connectivity index (χ0n) is 9.22. The summed E-state index contributed by atoms with van der Waals surface area (Å²) >= 11 is 0. The Morgan fingerprint density at radius 1 is 1.13 bits per heavy atom. The SMILES string of the molecule is CCCCN(CCO)CCCS(=O)(=O)O. The summed E-state index contributed by atoms with van der Waals surface area (Å²) < 4.78 is 29.5. The van der Waals surface area contributed by atoms with E-state index < -0.39 is 10.1 Å². The second kappa shape index (κ2) is 8.04. The lowest BCUT2D eigenvalue weighted by molar-refractivity contribution is 0.194. The Bertz CT molecular complexity index is 240. The van der Waals surface area contributed by atoms with E-state index in [0.717, 1.165) is 19.4 Å². The van der Waals surface area contributed by atoms with Gasteiger partial charge in [0, 0.05) is 6.54 Å². The Hall–Kier alpha value is -0.170. The Morgan fingerprint density at radius 3 is 2.20 bits per heavy atom. The molecule has 92 valence electrons. The van der Waals surface area contributed by atoms with E-state index in [1.807, 2.05) is 4.90 Å². The average Bonchev–Trinajstić information content (AvgIpc) is 2.12. The Morgan fingerprint density at radius 2 is 1.73 bits per heavy atom. The van der Waals surface area contributed by atoms with Crippen LogP contribution in [0.5, 0.6) is 0 Å². The number of aliphatic hydroxyl groups is 1. The van der Waals surface area contributed by atoms with Gasteiger partial charge in [-0.2, -0.15) is 8.42 Å². The van der Waals surface area contributed by atoms with Gasteiger partial charge in [0.1, 0.15) is 0 Å². The molecule has 0 aromatic carbocycles. The van der Waals surface area contributed by atoms with Gasteiger partial charge in [-0.3, -0.25) is 4.55 Å². The summed E-state index contributed by atoms with van der Waals surface area (Å²) in [5, 5.41) is 8.79. The van der Waals surface area contributed by atoms with E-state index >= 15 is 0 Å².